The maximum Gasteiger partial charge on any atom is 0.317 e. The van der Waals surface area contributed by atoms with Crippen LogP contribution in [-0.4, -0.2) is 40.6 Å². The van der Waals surface area contributed by atoms with Crippen molar-refractivity contribution in [2.45, 2.75) is 26.9 Å². The van der Waals surface area contributed by atoms with E-state index in [9.17, 15) is 9.70 Å². The van der Waals surface area contributed by atoms with Crippen molar-refractivity contribution >= 4 is 27.8 Å². The second kappa shape index (κ2) is 9.08. The molecule has 2 aliphatic rings. The Morgan fingerprint density at radius 3 is 2.79 bits per heavy atom. The lowest BCUT2D eigenvalue weighted by atomic mass is 10.0. The fourth-order valence-electron chi connectivity index (χ4n) is 5.11. The van der Waals surface area contributed by atoms with Gasteiger partial charge in [0, 0.05) is 35.9 Å². The summed E-state index contributed by atoms with van der Waals surface area (Å²) in [6, 6.07) is 13.0. The number of pyridine rings is 1. The van der Waals surface area contributed by atoms with Crippen LogP contribution in [-0.2, 0) is 0 Å². The first-order valence-electron chi connectivity index (χ1n) is 12.4. The molecule has 0 radical (unpaired) electrons. The smallest absolute Gasteiger partial charge is 0.317 e. The predicted octanol–water partition coefficient (Wildman–Crippen LogP) is 6.44. The predicted molar refractivity (Wildman–Crippen MR) is 146 cm³/mol. The Labute approximate surface area is 219 Å². The molecule has 0 bridgehead atoms. The minimum atomic E-state index is -0.887. The molecular formula is C30H26N4O4. The molecule has 2 aliphatic heterocycles. The lowest BCUT2D eigenvalue weighted by molar-refractivity contribution is 0.100. The van der Waals surface area contributed by atoms with Crippen molar-refractivity contribution in [3.05, 3.63) is 99.8 Å². The largest absolute Gasteiger partial charge is 0.485 e. The Morgan fingerprint density at radius 1 is 1.18 bits per heavy atom. The molecule has 0 spiro atoms. The number of allylic oxidation sites excluding steroid dienone is 1. The van der Waals surface area contributed by atoms with Crippen molar-refractivity contribution in [3.8, 4) is 17.2 Å². The van der Waals surface area contributed by atoms with Crippen molar-refractivity contribution in [2.24, 2.45) is 5.18 Å². The number of nitroso groups, excluding NO2 is 1. The van der Waals surface area contributed by atoms with Gasteiger partial charge in [-0.1, -0.05) is 24.3 Å². The molecule has 1 amide bonds. The third kappa shape index (κ3) is 3.81. The molecule has 0 unspecified atom stereocenters. The van der Waals surface area contributed by atoms with Gasteiger partial charge in [-0.3, -0.25) is 9.80 Å². The molecule has 8 heteroatoms. The number of fused-ring (bicyclic) bond motifs is 3. The zero-order valence-electron chi connectivity index (χ0n) is 21.6. The average molecular weight is 507 g/mol. The molecule has 2 aromatic heterocycles. The van der Waals surface area contributed by atoms with Gasteiger partial charge in [-0.05, 0) is 68.3 Å². The van der Waals surface area contributed by atoms with E-state index in [1.165, 1.54) is 0 Å². The van der Waals surface area contributed by atoms with Gasteiger partial charge in [0.15, 0.2) is 5.76 Å². The van der Waals surface area contributed by atoms with E-state index < -0.39 is 5.91 Å². The Hall–Kier alpha value is -4.56. The van der Waals surface area contributed by atoms with E-state index in [4.69, 9.17) is 14.1 Å². The Bertz CT molecular complexity index is 1730. The number of amides is 1. The maximum atomic E-state index is 12.8. The molecule has 0 aliphatic carbocycles. The summed E-state index contributed by atoms with van der Waals surface area (Å²) in [7, 11) is 2.03. The monoisotopic (exact) mass is 506 g/mol. The van der Waals surface area contributed by atoms with Gasteiger partial charge in [0.25, 0.3) is 0 Å². The Kier molecular flexibility index (Phi) is 5.69. The SMILES string of the molecule is Cc1c(-c2cc(C(=O)N=O)c3c(O[C@@H](C)C4=CC5=CCN(C)N5C=C4)ccc(C)c3n2)oc2ccccc12. The van der Waals surface area contributed by atoms with Crippen LogP contribution in [0.25, 0.3) is 33.3 Å². The summed E-state index contributed by atoms with van der Waals surface area (Å²) in [6.45, 7) is 6.65. The van der Waals surface area contributed by atoms with E-state index in [0.717, 1.165) is 39.9 Å². The third-order valence-corrected chi connectivity index (χ3v) is 7.21. The van der Waals surface area contributed by atoms with Crippen LogP contribution < -0.4 is 4.74 Å². The number of benzene rings is 2. The molecule has 190 valence electrons. The molecule has 8 nitrogen and oxygen atoms in total. The van der Waals surface area contributed by atoms with Crippen LogP contribution in [0.2, 0.25) is 0 Å². The zero-order chi connectivity index (χ0) is 26.6. The van der Waals surface area contributed by atoms with E-state index in [0.29, 0.717) is 28.1 Å². The number of nitrogens with zero attached hydrogens (tertiary/aromatic N) is 4. The molecule has 1 atom stereocenters. The molecule has 0 fully saturated rings. The number of hydrogen-bond donors (Lipinski definition) is 0. The normalized spacial score (nSPS) is 15.9. The van der Waals surface area contributed by atoms with Gasteiger partial charge in [-0.25, -0.2) is 9.99 Å². The number of hydrogen-bond acceptors (Lipinski definition) is 7. The van der Waals surface area contributed by atoms with Crippen LogP contribution in [0, 0.1) is 18.8 Å². The van der Waals surface area contributed by atoms with E-state index in [-0.39, 0.29) is 11.7 Å². The fourth-order valence-corrected chi connectivity index (χ4v) is 5.11. The summed E-state index contributed by atoms with van der Waals surface area (Å²) in [5, 5.41) is 8.36. The van der Waals surface area contributed by atoms with Crippen LogP contribution in [0.3, 0.4) is 0 Å². The second-order valence-corrected chi connectivity index (χ2v) is 9.64. The number of furan rings is 1. The average Bonchev–Trinajstić information content (AvgIpc) is 3.48. The van der Waals surface area contributed by atoms with Gasteiger partial charge in [-0.2, -0.15) is 0 Å². The van der Waals surface area contributed by atoms with Crippen molar-refractivity contribution in [1.82, 2.24) is 15.0 Å². The summed E-state index contributed by atoms with van der Waals surface area (Å²) in [6.07, 6.45) is 7.94. The minimum absolute atomic E-state index is 0.130. The van der Waals surface area contributed by atoms with Gasteiger partial charge < -0.3 is 9.15 Å². The summed E-state index contributed by atoms with van der Waals surface area (Å²) in [4.78, 5) is 29.2. The first kappa shape index (κ1) is 23.8. The molecule has 6 rings (SSSR count). The fraction of sp³-hybridized carbons (Fsp3) is 0.200. The van der Waals surface area contributed by atoms with Crippen molar-refractivity contribution < 1.29 is 13.9 Å². The van der Waals surface area contributed by atoms with Crippen LogP contribution in [0.15, 0.2) is 87.8 Å². The van der Waals surface area contributed by atoms with Gasteiger partial charge in [0.2, 0.25) is 0 Å². The quantitative estimate of drug-likeness (QED) is 0.288. The van der Waals surface area contributed by atoms with Gasteiger partial charge >= 0.3 is 5.91 Å². The first-order valence-corrected chi connectivity index (χ1v) is 12.4. The number of ether oxygens (including phenoxy) is 1. The number of likely N-dealkylation sites (N-methyl/N-ethyl adjacent to an activating group) is 1. The summed E-state index contributed by atoms with van der Waals surface area (Å²) >= 11 is 0. The van der Waals surface area contributed by atoms with Crippen LogP contribution in [0.4, 0.5) is 0 Å². The van der Waals surface area contributed by atoms with Gasteiger partial charge in [0.05, 0.1) is 22.2 Å². The van der Waals surface area contributed by atoms with Crippen molar-refractivity contribution in [2.75, 3.05) is 13.6 Å². The van der Waals surface area contributed by atoms with Crippen LogP contribution >= 0.6 is 0 Å². The second-order valence-electron chi connectivity index (χ2n) is 9.64. The molecule has 0 saturated heterocycles. The van der Waals surface area contributed by atoms with Crippen LogP contribution in [0.1, 0.15) is 28.4 Å². The number of carbonyl (C=O) groups is 1. The molecule has 38 heavy (non-hydrogen) atoms. The zero-order valence-corrected chi connectivity index (χ0v) is 21.6. The van der Waals surface area contributed by atoms with Gasteiger partial charge in [-0.15, -0.1) is 4.91 Å². The van der Waals surface area contributed by atoms with E-state index in [1.807, 2.05) is 76.5 Å². The van der Waals surface area contributed by atoms with E-state index in [2.05, 4.69) is 27.3 Å². The van der Waals surface area contributed by atoms with Crippen molar-refractivity contribution in [1.29, 1.82) is 0 Å². The summed E-state index contributed by atoms with van der Waals surface area (Å²) < 4.78 is 12.5. The topological polar surface area (TPSA) is 88.2 Å². The molecular weight excluding hydrogens is 480 g/mol. The Morgan fingerprint density at radius 2 is 2.00 bits per heavy atom. The van der Waals surface area contributed by atoms with Crippen molar-refractivity contribution in [3.63, 3.8) is 0 Å². The van der Waals surface area contributed by atoms with E-state index in [1.54, 1.807) is 6.07 Å². The summed E-state index contributed by atoms with van der Waals surface area (Å²) in [5.41, 5.74) is 5.68. The van der Waals surface area contributed by atoms with Crippen LogP contribution in [0.5, 0.6) is 5.75 Å². The number of aryl methyl sites for hydroxylation is 2. The number of rotatable bonds is 5. The lowest BCUT2D eigenvalue weighted by Gasteiger charge is -2.29. The molecule has 0 saturated carbocycles. The summed E-state index contributed by atoms with van der Waals surface area (Å²) in [5.74, 6) is 0.116. The Balaban J connectivity index is 1.46. The number of carbonyl (C=O) groups excluding carboxylic acids is 1. The highest BCUT2D eigenvalue weighted by Crippen LogP contribution is 2.38. The van der Waals surface area contributed by atoms with E-state index >= 15 is 0 Å². The minimum Gasteiger partial charge on any atom is -0.485 e. The standard InChI is InChI=1S/C30H26N4O4/c1-17-9-10-26(37-19(3)20-11-14-34-21(15-20)12-13-33(34)4)27-23(30(35)32-36)16-24(31-28(17)27)29-18(2)22-7-5-6-8-25(22)38-29/h5-12,14-16,19H,13H2,1-4H3/t19-/m0/s1. The third-order valence-electron chi connectivity index (χ3n) is 7.21. The lowest BCUT2D eigenvalue weighted by Crippen LogP contribution is -2.31. The maximum absolute atomic E-state index is 12.8. The van der Waals surface area contributed by atoms with Gasteiger partial charge in [0.1, 0.15) is 23.1 Å². The highest BCUT2D eigenvalue weighted by atomic mass is 16.5. The molecule has 4 aromatic rings. The molecule has 2 aromatic carbocycles. The highest BCUT2D eigenvalue weighted by Gasteiger charge is 2.25. The molecule has 4 heterocycles. The highest BCUT2D eigenvalue weighted by molar-refractivity contribution is 6.10. The first-order chi connectivity index (χ1) is 18.4. The number of aromatic nitrogens is 1. The molecule has 0 N–H and O–H groups in total. The number of para-hydroxylation sites is 1. The number of hydrazine groups is 1.